The first-order chi connectivity index (χ1) is 13.3. The number of benzene rings is 1. The molecule has 0 radical (unpaired) electrons. The van der Waals surface area contributed by atoms with Crippen LogP contribution in [0.5, 0.6) is 0 Å². The molecule has 2 fully saturated rings. The van der Waals surface area contributed by atoms with E-state index < -0.39 is 12.1 Å². The molecule has 2 heterocycles. The van der Waals surface area contributed by atoms with Crippen LogP contribution in [0.4, 0.5) is 18.9 Å². The number of amides is 2. The van der Waals surface area contributed by atoms with Crippen molar-refractivity contribution in [3.63, 3.8) is 0 Å². The summed E-state index contributed by atoms with van der Waals surface area (Å²) in [7, 11) is 0. The molecule has 2 aromatic rings. The van der Waals surface area contributed by atoms with Gasteiger partial charge >= 0.3 is 12.1 Å². The van der Waals surface area contributed by atoms with E-state index in [0.717, 1.165) is 30.7 Å². The van der Waals surface area contributed by atoms with E-state index in [0.29, 0.717) is 22.4 Å². The number of carbonyl (C=O) groups excluding carboxylic acids is 2. The Bertz CT molecular complexity index is 914. The molecule has 2 amide bonds. The standard InChI is InChI=1S/C18H17F3N4O2S/c19-18(20,21)17(27)25-12-4-2-1-3-11(12)14-8-23-16(28-14)15(26)24-13-6-10-5-9(13)7-22-10/h1-4,8-10,13,22H,5-7H2,(H,24,26)(H,25,27). The maximum absolute atomic E-state index is 12.6. The summed E-state index contributed by atoms with van der Waals surface area (Å²) >= 11 is 1.07. The van der Waals surface area contributed by atoms with Gasteiger partial charge in [-0.1, -0.05) is 18.2 Å². The second-order valence-electron chi connectivity index (χ2n) is 6.94. The number of nitrogens with one attached hydrogen (secondary N) is 3. The minimum Gasteiger partial charge on any atom is -0.347 e. The van der Waals surface area contributed by atoms with Gasteiger partial charge in [0.25, 0.3) is 5.91 Å². The zero-order valence-electron chi connectivity index (χ0n) is 14.5. The van der Waals surface area contributed by atoms with Crippen LogP contribution in [0.25, 0.3) is 10.4 Å². The molecule has 6 nitrogen and oxygen atoms in total. The van der Waals surface area contributed by atoms with Gasteiger partial charge in [0.05, 0.1) is 4.88 Å². The van der Waals surface area contributed by atoms with Crippen molar-refractivity contribution in [1.29, 1.82) is 0 Å². The predicted molar refractivity (Wildman–Crippen MR) is 98.0 cm³/mol. The molecular weight excluding hydrogens is 393 g/mol. The van der Waals surface area contributed by atoms with Crippen LogP contribution in [0.15, 0.2) is 30.5 Å². The number of aromatic nitrogens is 1. The zero-order chi connectivity index (χ0) is 19.9. The quantitative estimate of drug-likeness (QED) is 0.724. The Morgan fingerprint density at radius 2 is 2.00 bits per heavy atom. The molecule has 1 saturated carbocycles. The number of hydrogen-bond donors (Lipinski definition) is 3. The highest BCUT2D eigenvalue weighted by Crippen LogP contribution is 2.34. The van der Waals surface area contributed by atoms with Crippen LogP contribution in [0, 0.1) is 5.92 Å². The summed E-state index contributed by atoms with van der Waals surface area (Å²) in [6.45, 7) is 0.894. The average Bonchev–Trinajstić information content (AvgIpc) is 3.38. The van der Waals surface area contributed by atoms with Crippen LogP contribution in [0.2, 0.25) is 0 Å². The van der Waals surface area contributed by atoms with Crippen LogP contribution in [-0.4, -0.2) is 41.6 Å². The number of hydrogen-bond acceptors (Lipinski definition) is 5. The van der Waals surface area contributed by atoms with Crippen molar-refractivity contribution < 1.29 is 22.8 Å². The molecule has 3 atom stereocenters. The number of halogens is 3. The van der Waals surface area contributed by atoms with E-state index in [2.05, 4.69) is 15.6 Å². The van der Waals surface area contributed by atoms with Crippen LogP contribution in [0.1, 0.15) is 22.6 Å². The number of piperidine rings is 1. The van der Waals surface area contributed by atoms with Crippen molar-refractivity contribution in [1.82, 2.24) is 15.6 Å². The molecule has 148 valence electrons. The van der Waals surface area contributed by atoms with Crippen molar-refractivity contribution in [3.05, 3.63) is 35.5 Å². The van der Waals surface area contributed by atoms with Gasteiger partial charge in [-0.3, -0.25) is 9.59 Å². The lowest BCUT2D eigenvalue weighted by atomic mass is 10.0. The Morgan fingerprint density at radius 1 is 1.21 bits per heavy atom. The van der Waals surface area contributed by atoms with Crippen LogP contribution < -0.4 is 16.0 Å². The first-order valence-corrected chi connectivity index (χ1v) is 9.60. The molecule has 1 aromatic heterocycles. The Hall–Kier alpha value is -2.46. The van der Waals surface area contributed by atoms with Gasteiger partial charge in [-0.2, -0.15) is 13.2 Å². The van der Waals surface area contributed by atoms with Gasteiger partial charge in [-0.05, 0) is 24.8 Å². The van der Waals surface area contributed by atoms with Crippen molar-refractivity contribution >= 4 is 28.8 Å². The molecule has 10 heteroatoms. The fourth-order valence-electron chi connectivity index (χ4n) is 3.75. The average molecular weight is 410 g/mol. The van der Waals surface area contributed by atoms with Gasteiger partial charge in [0.15, 0.2) is 5.01 Å². The second-order valence-corrected chi connectivity index (χ2v) is 7.97. The summed E-state index contributed by atoms with van der Waals surface area (Å²) < 4.78 is 37.7. The Labute approximate surface area is 162 Å². The third-order valence-electron chi connectivity index (χ3n) is 5.08. The summed E-state index contributed by atoms with van der Waals surface area (Å²) in [5.74, 6) is -1.91. The molecule has 3 unspecified atom stereocenters. The molecule has 0 spiro atoms. The SMILES string of the molecule is O=C(NC1CC2CC1CN2)c1ncc(-c2ccccc2NC(=O)C(F)(F)F)s1. The smallest absolute Gasteiger partial charge is 0.347 e. The van der Waals surface area contributed by atoms with Crippen LogP contribution in [0.3, 0.4) is 0 Å². The Balaban J connectivity index is 1.50. The van der Waals surface area contributed by atoms with Gasteiger partial charge in [0.1, 0.15) is 0 Å². The monoisotopic (exact) mass is 410 g/mol. The van der Waals surface area contributed by atoms with E-state index in [1.54, 1.807) is 12.1 Å². The molecular formula is C18H17F3N4O2S. The van der Waals surface area contributed by atoms with Crippen molar-refractivity contribution in [2.75, 3.05) is 11.9 Å². The van der Waals surface area contributed by atoms with E-state index in [1.165, 1.54) is 18.3 Å². The third kappa shape index (κ3) is 3.74. The lowest BCUT2D eigenvalue weighted by Gasteiger charge is -2.22. The Kier molecular flexibility index (Phi) is 4.84. The molecule has 1 aliphatic carbocycles. The van der Waals surface area contributed by atoms with Crippen LogP contribution in [-0.2, 0) is 4.79 Å². The zero-order valence-corrected chi connectivity index (χ0v) is 15.4. The molecule has 1 aliphatic heterocycles. The first-order valence-electron chi connectivity index (χ1n) is 8.79. The fourth-order valence-corrected chi connectivity index (χ4v) is 4.60. The number of carbonyl (C=O) groups is 2. The van der Waals surface area contributed by atoms with Crippen molar-refractivity contribution in [2.24, 2.45) is 5.92 Å². The summed E-state index contributed by atoms with van der Waals surface area (Å²) in [4.78, 5) is 28.4. The minimum atomic E-state index is -4.98. The highest BCUT2D eigenvalue weighted by molar-refractivity contribution is 7.17. The van der Waals surface area contributed by atoms with Crippen LogP contribution >= 0.6 is 11.3 Å². The lowest BCUT2D eigenvalue weighted by molar-refractivity contribution is -0.167. The second kappa shape index (κ2) is 7.17. The van der Waals surface area contributed by atoms with Crippen molar-refractivity contribution in [3.8, 4) is 10.4 Å². The Morgan fingerprint density at radius 3 is 2.68 bits per heavy atom. The molecule has 3 N–H and O–H groups in total. The van der Waals surface area contributed by atoms with Gasteiger partial charge in [-0.25, -0.2) is 4.98 Å². The number of alkyl halides is 3. The number of para-hydroxylation sites is 1. The molecule has 2 bridgehead atoms. The van der Waals surface area contributed by atoms with E-state index in [4.69, 9.17) is 0 Å². The van der Waals surface area contributed by atoms with Gasteiger partial charge < -0.3 is 16.0 Å². The maximum Gasteiger partial charge on any atom is 0.471 e. The lowest BCUT2D eigenvalue weighted by Crippen LogP contribution is -2.44. The van der Waals surface area contributed by atoms with E-state index in [-0.39, 0.29) is 22.6 Å². The number of thiazole rings is 1. The fraction of sp³-hybridized carbons (Fsp3) is 0.389. The summed E-state index contributed by atoms with van der Waals surface area (Å²) in [6.07, 6.45) is -1.61. The summed E-state index contributed by atoms with van der Waals surface area (Å²) in [5, 5.41) is 8.50. The van der Waals surface area contributed by atoms with E-state index >= 15 is 0 Å². The maximum atomic E-state index is 12.6. The van der Waals surface area contributed by atoms with E-state index in [1.807, 2.05) is 5.32 Å². The number of anilines is 1. The van der Waals surface area contributed by atoms with Gasteiger partial charge in [0.2, 0.25) is 0 Å². The van der Waals surface area contributed by atoms with Gasteiger partial charge in [-0.15, -0.1) is 11.3 Å². The summed E-state index contributed by atoms with van der Waals surface area (Å²) in [5.41, 5.74) is 0.389. The molecule has 4 rings (SSSR count). The highest BCUT2D eigenvalue weighted by Gasteiger charge is 2.40. The van der Waals surface area contributed by atoms with E-state index in [9.17, 15) is 22.8 Å². The topological polar surface area (TPSA) is 83.1 Å². The molecule has 1 saturated heterocycles. The third-order valence-corrected chi connectivity index (χ3v) is 6.11. The first kappa shape index (κ1) is 18.9. The normalized spacial score (nSPS) is 23.6. The number of fused-ring (bicyclic) bond motifs is 2. The number of nitrogens with zero attached hydrogens (tertiary/aromatic N) is 1. The summed E-state index contributed by atoms with van der Waals surface area (Å²) in [6, 6.07) is 6.67. The highest BCUT2D eigenvalue weighted by atomic mass is 32.1. The molecule has 1 aromatic carbocycles. The largest absolute Gasteiger partial charge is 0.471 e. The van der Waals surface area contributed by atoms with Crippen molar-refractivity contribution in [2.45, 2.75) is 31.1 Å². The van der Waals surface area contributed by atoms with Gasteiger partial charge in [0, 0.05) is 36.1 Å². The number of rotatable bonds is 4. The molecule has 28 heavy (non-hydrogen) atoms. The minimum absolute atomic E-state index is 0.0135. The predicted octanol–water partition coefficient (Wildman–Crippen LogP) is 2.79. The molecule has 2 aliphatic rings.